The Morgan fingerprint density at radius 3 is 3.03 bits per heavy atom. The van der Waals surface area contributed by atoms with Crippen molar-refractivity contribution in [2.24, 2.45) is 0 Å². The second-order valence-corrected chi connectivity index (χ2v) is 8.18. The molecule has 0 spiro atoms. The van der Waals surface area contributed by atoms with Crippen molar-refractivity contribution < 1.29 is 9.18 Å². The number of pyridine rings is 1. The summed E-state index contributed by atoms with van der Waals surface area (Å²) in [7, 11) is 0. The lowest BCUT2D eigenvalue weighted by molar-refractivity contribution is 0.199. The molecule has 0 fully saturated rings. The van der Waals surface area contributed by atoms with Gasteiger partial charge in [-0.05, 0) is 71.1 Å². The van der Waals surface area contributed by atoms with Crippen LogP contribution < -0.4 is 5.32 Å². The average molecular weight is 457 g/mol. The van der Waals surface area contributed by atoms with Crippen LogP contribution in [0.2, 0.25) is 0 Å². The Morgan fingerprint density at radius 2 is 2.28 bits per heavy atom. The molecule has 2 N–H and O–H groups in total. The van der Waals surface area contributed by atoms with E-state index in [9.17, 15) is 9.18 Å². The van der Waals surface area contributed by atoms with Gasteiger partial charge in [0.15, 0.2) is 0 Å². The standard InChI is InChI=1S/C22H22BrFN4O/c1-14(11-15-4-5-20(24)19(23)12-15)27-22(29)28-9-6-16(7-10-28)18-13-26-21-17(18)3-2-8-25-21/h2-6,8,12-14H,7,9-11H2,1H3,(H,25,26)(H,27,29). The maximum atomic E-state index is 13.4. The normalized spacial score (nSPS) is 15.3. The zero-order valence-electron chi connectivity index (χ0n) is 16.1. The maximum Gasteiger partial charge on any atom is 0.317 e. The smallest absolute Gasteiger partial charge is 0.317 e. The van der Waals surface area contributed by atoms with Crippen LogP contribution in [0.15, 0.2) is 53.3 Å². The van der Waals surface area contributed by atoms with Crippen molar-refractivity contribution >= 4 is 38.6 Å². The third-order valence-electron chi connectivity index (χ3n) is 5.19. The molecule has 1 atom stereocenters. The summed E-state index contributed by atoms with van der Waals surface area (Å²) in [5.41, 5.74) is 4.24. The number of benzene rings is 1. The van der Waals surface area contributed by atoms with Crippen LogP contribution in [0.4, 0.5) is 9.18 Å². The van der Waals surface area contributed by atoms with Crippen LogP contribution in [-0.4, -0.2) is 40.0 Å². The third kappa shape index (κ3) is 4.34. The monoisotopic (exact) mass is 456 g/mol. The van der Waals surface area contributed by atoms with Crippen molar-refractivity contribution in [3.63, 3.8) is 0 Å². The summed E-state index contributed by atoms with van der Waals surface area (Å²) in [5.74, 6) is -0.285. The van der Waals surface area contributed by atoms with E-state index in [1.165, 1.54) is 11.6 Å². The van der Waals surface area contributed by atoms with Crippen LogP contribution in [0.1, 0.15) is 24.5 Å². The van der Waals surface area contributed by atoms with Gasteiger partial charge in [-0.1, -0.05) is 12.1 Å². The van der Waals surface area contributed by atoms with Gasteiger partial charge in [-0.15, -0.1) is 0 Å². The minimum absolute atomic E-state index is 0.0510. The molecule has 0 saturated carbocycles. The highest BCUT2D eigenvalue weighted by molar-refractivity contribution is 9.10. The Morgan fingerprint density at radius 1 is 1.41 bits per heavy atom. The molecule has 0 saturated heterocycles. The largest absolute Gasteiger partial charge is 0.346 e. The summed E-state index contributed by atoms with van der Waals surface area (Å²) in [6, 6.07) is 8.80. The third-order valence-corrected chi connectivity index (χ3v) is 5.80. The molecule has 0 bridgehead atoms. The van der Waals surface area contributed by atoms with Crippen molar-refractivity contribution in [3.8, 4) is 0 Å². The Bertz CT molecular complexity index is 1080. The number of aromatic nitrogens is 2. The molecule has 2 amide bonds. The number of nitrogens with one attached hydrogen (secondary N) is 2. The zero-order valence-corrected chi connectivity index (χ0v) is 17.7. The van der Waals surface area contributed by atoms with Gasteiger partial charge in [0.1, 0.15) is 11.5 Å². The molecule has 3 aromatic rings. The van der Waals surface area contributed by atoms with Crippen LogP contribution in [0.5, 0.6) is 0 Å². The number of aromatic amines is 1. The number of hydrogen-bond donors (Lipinski definition) is 2. The van der Waals surface area contributed by atoms with Gasteiger partial charge >= 0.3 is 6.03 Å². The van der Waals surface area contributed by atoms with Gasteiger partial charge in [-0.2, -0.15) is 0 Å². The van der Waals surface area contributed by atoms with Crippen LogP contribution in [0, 0.1) is 5.82 Å². The Balaban J connectivity index is 1.36. The molecule has 7 heteroatoms. The van der Waals surface area contributed by atoms with Gasteiger partial charge < -0.3 is 15.2 Å². The first-order chi connectivity index (χ1) is 14.0. The van der Waals surface area contributed by atoms with E-state index in [1.807, 2.05) is 24.1 Å². The van der Waals surface area contributed by atoms with E-state index in [2.05, 4.69) is 43.4 Å². The van der Waals surface area contributed by atoms with Crippen molar-refractivity contribution in [2.45, 2.75) is 25.8 Å². The van der Waals surface area contributed by atoms with Gasteiger partial charge in [-0.25, -0.2) is 14.2 Å². The minimum Gasteiger partial charge on any atom is -0.346 e. The van der Waals surface area contributed by atoms with Gasteiger partial charge in [0, 0.05) is 42.5 Å². The summed E-state index contributed by atoms with van der Waals surface area (Å²) in [6.07, 6.45) is 7.31. The lowest BCUT2D eigenvalue weighted by Gasteiger charge is -2.28. The highest BCUT2D eigenvalue weighted by atomic mass is 79.9. The molecule has 5 nitrogen and oxygen atoms in total. The van der Waals surface area contributed by atoms with E-state index in [-0.39, 0.29) is 17.9 Å². The molecule has 0 aliphatic carbocycles. The second-order valence-electron chi connectivity index (χ2n) is 7.33. The highest BCUT2D eigenvalue weighted by Gasteiger charge is 2.20. The number of fused-ring (bicyclic) bond motifs is 1. The van der Waals surface area contributed by atoms with Crippen molar-refractivity contribution in [1.82, 2.24) is 20.2 Å². The molecule has 1 aliphatic rings. The zero-order chi connectivity index (χ0) is 20.4. The average Bonchev–Trinajstić information content (AvgIpc) is 3.15. The Kier molecular flexibility index (Phi) is 5.67. The van der Waals surface area contributed by atoms with E-state index in [4.69, 9.17) is 0 Å². The predicted octanol–water partition coefficient (Wildman–Crippen LogP) is 4.89. The van der Waals surface area contributed by atoms with E-state index < -0.39 is 0 Å². The summed E-state index contributed by atoms with van der Waals surface area (Å²) < 4.78 is 13.8. The Hall–Kier alpha value is -2.67. The lowest BCUT2D eigenvalue weighted by Crippen LogP contribution is -2.46. The number of H-pyrrole nitrogens is 1. The van der Waals surface area contributed by atoms with Crippen molar-refractivity contribution in [3.05, 3.63) is 70.2 Å². The number of carbonyl (C=O) groups excluding carboxylic acids is 1. The quantitative estimate of drug-likeness (QED) is 0.586. The first-order valence-electron chi connectivity index (χ1n) is 9.62. The predicted molar refractivity (Wildman–Crippen MR) is 116 cm³/mol. The summed E-state index contributed by atoms with van der Waals surface area (Å²) in [4.78, 5) is 22.0. The molecule has 3 heterocycles. The number of halogens is 2. The van der Waals surface area contributed by atoms with Crippen LogP contribution in [0.3, 0.4) is 0 Å². The minimum atomic E-state index is -0.285. The van der Waals surface area contributed by atoms with E-state index in [1.54, 1.807) is 18.3 Å². The lowest BCUT2D eigenvalue weighted by atomic mass is 10.00. The summed E-state index contributed by atoms with van der Waals surface area (Å²) >= 11 is 3.20. The highest BCUT2D eigenvalue weighted by Crippen LogP contribution is 2.28. The number of amides is 2. The van der Waals surface area contributed by atoms with Crippen molar-refractivity contribution in [2.75, 3.05) is 13.1 Å². The molecule has 29 heavy (non-hydrogen) atoms. The van der Waals surface area contributed by atoms with Gasteiger partial charge in [-0.3, -0.25) is 0 Å². The molecule has 2 aromatic heterocycles. The summed E-state index contributed by atoms with van der Waals surface area (Å²) in [6.45, 7) is 3.20. The fraction of sp³-hybridized carbons (Fsp3) is 0.273. The molecule has 150 valence electrons. The molecular formula is C22H22BrFN4O. The first-order valence-corrected chi connectivity index (χ1v) is 10.4. The number of rotatable bonds is 4. The fourth-order valence-electron chi connectivity index (χ4n) is 3.69. The van der Waals surface area contributed by atoms with E-state index >= 15 is 0 Å². The number of carbonyl (C=O) groups is 1. The Labute approximate surface area is 177 Å². The molecule has 4 rings (SSSR count). The van der Waals surface area contributed by atoms with Crippen molar-refractivity contribution in [1.29, 1.82) is 0 Å². The second kappa shape index (κ2) is 8.37. The number of nitrogens with zero attached hydrogens (tertiary/aromatic N) is 2. The molecule has 1 unspecified atom stereocenters. The van der Waals surface area contributed by atoms with Crippen LogP contribution in [-0.2, 0) is 6.42 Å². The van der Waals surface area contributed by atoms with E-state index in [0.717, 1.165) is 28.6 Å². The molecule has 1 aliphatic heterocycles. The topological polar surface area (TPSA) is 61.0 Å². The van der Waals surface area contributed by atoms with Gasteiger partial charge in [0.05, 0.1) is 4.47 Å². The molecule has 0 radical (unpaired) electrons. The maximum absolute atomic E-state index is 13.4. The number of urea groups is 1. The van der Waals surface area contributed by atoms with Crippen LogP contribution in [0.25, 0.3) is 16.6 Å². The van der Waals surface area contributed by atoms with Crippen LogP contribution >= 0.6 is 15.9 Å². The SMILES string of the molecule is CC(Cc1ccc(F)c(Br)c1)NC(=O)N1CC=C(c2c[nH]c3ncccc23)CC1. The first kappa shape index (κ1) is 19.6. The fourth-order valence-corrected chi connectivity index (χ4v) is 4.12. The molecule has 1 aromatic carbocycles. The number of hydrogen-bond acceptors (Lipinski definition) is 2. The summed E-state index contributed by atoms with van der Waals surface area (Å²) in [5, 5.41) is 4.15. The van der Waals surface area contributed by atoms with E-state index in [0.29, 0.717) is 24.0 Å². The van der Waals surface area contributed by atoms with Gasteiger partial charge in [0.25, 0.3) is 0 Å². The molecular weight excluding hydrogens is 435 g/mol. The van der Waals surface area contributed by atoms with Gasteiger partial charge in [0.2, 0.25) is 0 Å².